The Morgan fingerprint density at radius 2 is 1.76 bits per heavy atom. The van der Waals surface area contributed by atoms with Gasteiger partial charge in [-0.15, -0.1) is 0 Å². The van der Waals surface area contributed by atoms with Gasteiger partial charge in [0, 0.05) is 24.7 Å². The highest BCUT2D eigenvalue weighted by Gasteiger charge is 2.29. The zero-order valence-electron chi connectivity index (χ0n) is 14.9. The molecule has 2 aromatic rings. The Morgan fingerprint density at radius 1 is 1.08 bits per heavy atom. The lowest BCUT2D eigenvalue weighted by Gasteiger charge is -2.35. The summed E-state index contributed by atoms with van der Waals surface area (Å²) in [7, 11) is 0. The van der Waals surface area contributed by atoms with Crippen LogP contribution in [0.15, 0.2) is 30.3 Å². The summed E-state index contributed by atoms with van der Waals surface area (Å²) in [5.41, 5.74) is 4.82. The molecule has 1 atom stereocenters. The van der Waals surface area contributed by atoms with E-state index >= 15 is 0 Å². The van der Waals surface area contributed by atoms with Crippen LogP contribution in [0, 0.1) is 38.3 Å². The first-order valence-corrected chi connectivity index (χ1v) is 8.67. The summed E-state index contributed by atoms with van der Waals surface area (Å²) in [6.45, 7) is 6.65. The van der Waals surface area contributed by atoms with Crippen LogP contribution in [0.3, 0.4) is 0 Å². The standard InChI is InChI=1S/C21H23F2NO/c1-13-8-14(2)21(15(3)9-13)24-12-16(4-7-20(24)25)10-17-5-6-18(22)11-19(17)23/h5-6,8-9,11,16H,4,7,10,12H2,1-3H3. The van der Waals surface area contributed by atoms with Crippen LogP contribution in [0.25, 0.3) is 0 Å². The van der Waals surface area contributed by atoms with E-state index in [9.17, 15) is 13.6 Å². The van der Waals surface area contributed by atoms with Gasteiger partial charge in [-0.05, 0) is 62.3 Å². The second-order valence-electron chi connectivity index (χ2n) is 7.10. The van der Waals surface area contributed by atoms with Gasteiger partial charge in [0.1, 0.15) is 11.6 Å². The molecule has 1 saturated heterocycles. The molecule has 2 nitrogen and oxygen atoms in total. The molecule has 0 bridgehead atoms. The molecule has 0 spiro atoms. The molecule has 25 heavy (non-hydrogen) atoms. The number of anilines is 1. The van der Waals surface area contributed by atoms with E-state index in [-0.39, 0.29) is 11.8 Å². The topological polar surface area (TPSA) is 20.3 Å². The maximum absolute atomic E-state index is 14.0. The number of rotatable bonds is 3. The SMILES string of the molecule is Cc1cc(C)c(N2CC(Cc3ccc(F)cc3F)CCC2=O)c(C)c1. The minimum absolute atomic E-state index is 0.117. The van der Waals surface area contributed by atoms with Crippen LogP contribution in [0.4, 0.5) is 14.5 Å². The van der Waals surface area contributed by atoms with Gasteiger partial charge in [-0.2, -0.15) is 0 Å². The average molecular weight is 343 g/mol. The van der Waals surface area contributed by atoms with Crippen molar-refractivity contribution >= 4 is 11.6 Å². The zero-order chi connectivity index (χ0) is 18.1. The molecule has 0 saturated carbocycles. The smallest absolute Gasteiger partial charge is 0.227 e. The van der Waals surface area contributed by atoms with Gasteiger partial charge in [-0.1, -0.05) is 23.8 Å². The highest BCUT2D eigenvalue weighted by atomic mass is 19.1. The fourth-order valence-corrected chi connectivity index (χ4v) is 3.89. The molecule has 132 valence electrons. The second kappa shape index (κ2) is 6.95. The largest absolute Gasteiger partial charge is 0.312 e. The normalized spacial score (nSPS) is 17.9. The van der Waals surface area contributed by atoms with Crippen molar-refractivity contribution in [2.45, 2.75) is 40.0 Å². The summed E-state index contributed by atoms with van der Waals surface area (Å²) in [5, 5.41) is 0. The van der Waals surface area contributed by atoms with E-state index in [1.54, 1.807) is 0 Å². The number of hydrogen-bond donors (Lipinski definition) is 0. The molecule has 1 aliphatic rings. The van der Waals surface area contributed by atoms with E-state index in [0.717, 1.165) is 29.3 Å². The summed E-state index contributed by atoms with van der Waals surface area (Å²) in [5.74, 6) is -0.789. The zero-order valence-corrected chi connectivity index (χ0v) is 14.9. The van der Waals surface area contributed by atoms with Crippen LogP contribution in [-0.2, 0) is 11.2 Å². The summed E-state index contributed by atoms with van der Waals surface area (Å²) in [4.78, 5) is 14.3. The van der Waals surface area contributed by atoms with Gasteiger partial charge in [0.05, 0.1) is 0 Å². The molecule has 2 aromatic carbocycles. The fourth-order valence-electron chi connectivity index (χ4n) is 3.89. The molecule has 1 fully saturated rings. The van der Waals surface area contributed by atoms with Crippen molar-refractivity contribution in [2.75, 3.05) is 11.4 Å². The number of carbonyl (C=O) groups excluding carboxylic acids is 1. The minimum atomic E-state index is -0.562. The summed E-state index contributed by atoms with van der Waals surface area (Å²) >= 11 is 0. The number of nitrogens with zero attached hydrogens (tertiary/aromatic N) is 1. The monoisotopic (exact) mass is 343 g/mol. The fraction of sp³-hybridized carbons (Fsp3) is 0.381. The van der Waals surface area contributed by atoms with Gasteiger partial charge in [-0.25, -0.2) is 8.78 Å². The first-order chi connectivity index (χ1) is 11.8. The number of aryl methyl sites for hydroxylation is 3. The highest BCUT2D eigenvalue weighted by Crippen LogP contribution is 2.32. The van der Waals surface area contributed by atoms with Crippen LogP contribution in [0.5, 0.6) is 0 Å². The third-order valence-corrected chi connectivity index (χ3v) is 4.94. The van der Waals surface area contributed by atoms with E-state index in [2.05, 4.69) is 12.1 Å². The molecule has 4 heteroatoms. The van der Waals surface area contributed by atoms with E-state index in [1.807, 2.05) is 25.7 Å². The number of hydrogen-bond acceptors (Lipinski definition) is 1. The van der Waals surface area contributed by atoms with E-state index in [4.69, 9.17) is 0 Å². The van der Waals surface area contributed by atoms with E-state index in [1.165, 1.54) is 17.7 Å². The Hall–Kier alpha value is -2.23. The molecule has 0 N–H and O–H groups in total. The third-order valence-electron chi connectivity index (χ3n) is 4.94. The molecule has 1 heterocycles. The summed E-state index contributed by atoms with van der Waals surface area (Å²) in [6, 6.07) is 7.89. The Balaban J connectivity index is 1.84. The first-order valence-electron chi connectivity index (χ1n) is 8.67. The van der Waals surface area contributed by atoms with Crippen molar-refractivity contribution in [3.63, 3.8) is 0 Å². The number of carbonyl (C=O) groups is 1. The van der Waals surface area contributed by atoms with Gasteiger partial charge in [0.25, 0.3) is 0 Å². The molecule has 3 rings (SSSR count). The number of halogens is 2. The highest BCUT2D eigenvalue weighted by molar-refractivity contribution is 5.95. The molecule has 1 amide bonds. The number of amides is 1. The van der Waals surface area contributed by atoms with Crippen LogP contribution in [-0.4, -0.2) is 12.5 Å². The van der Waals surface area contributed by atoms with Crippen LogP contribution in [0.1, 0.15) is 35.1 Å². The van der Waals surface area contributed by atoms with Gasteiger partial charge in [-0.3, -0.25) is 4.79 Å². The maximum atomic E-state index is 14.0. The lowest BCUT2D eigenvalue weighted by Crippen LogP contribution is -2.41. The Labute approximate surface area is 147 Å². The van der Waals surface area contributed by atoms with Crippen LogP contribution < -0.4 is 4.90 Å². The Kier molecular flexibility index (Phi) is 4.89. The number of benzene rings is 2. The average Bonchev–Trinajstić information content (AvgIpc) is 2.52. The van der Waals surface area contributed by atoms with Gasteiger partial charge in [0.2, 0.25) is 5.91 Å². The summed E-state index contributed by atoms with van der Waals surface area (Å²) < 4.78 is 27.0. The maximum Gasteiger partial charge on any atom is 0.227 e. The molecular formula is C21H23F2NO. The van der Waals surface area contributed by atoms with Gasteiger partial charge < -0.3 is 4.90 Å². The third kappa shape index (κ3) is 3.73. The quantitative estimate of drug-likeness (QED) is 0.778. The molecule has 1 unspecified atom stereocenters. The lowest BCUT2D eigenvalue weighted by atomic mass is 9.89. The molecule has 0 aromatic heterocycles. The molecule has 0 radical (unpaired) electrons. The van der Waals surface area contributed by atoms with Gasteiger partial charge >= 0.3 is 0 Å². The Morgan fingerprint density at radius 3 is 2.40 bits per heavy atom. The van der Waals surface area contributed by atoms with E-state index in [0.29, 0.717) is 24.9 Å². The van der Waals surface area contributed by atoms with Crippen molar-refractivity contribution < 1.29 is 13.6 Å². The predicted molar refractivity (Wildman–Crippen MR) is 95.8 cm³/mol. The van der Waals surface area contributed by atoms with Crippen molar-refractivity contribution in [3.8, 4) is 0 Å². The van der Waals surface area contributed by atoms with Crippen molar-refractivity contribution in [3.05, 3.63) is 64.2 Å². The van der Waals surface area contributed by atoms with Gasteiger partial charge in [0.15, 0.2) is 0 Å². The van der Waals surface area contributed by atoms with Crippen LogP contribution in [0.2, 0.25) is 0 Å². The first kappa shape index (κ1) is 17.6. The summed E-state index contributed by atoms with van der Waals surface area (Å²) in [6.07, 6.45) is 1.70. The van der Waals surface area contributed by atoms with E-state index < -0.39 is 11.6 Å². The lowest BCUT2D eigenvalue weighted by molar-refractivity contribution is -0.120. The molecule has 1 aliphatic heterocycles. The Bertz CT molecular complexity index is 793. The molecule has 0 aliphatic carbocycles. The predicted octanol–water partition coefficient (Wildman–Crippen LogP) is 4.88. The van der Waals surface area contributed by atoms with Crippen molar-refractivity contribution in [1.29, 1.82) is 0 Å². The number of piperidine rings is 1. The second-order valence-corrected chi connectivity index (χ2v) is 7.10. The van der Waals surface area contributed by atoms with Crippen molar-refractivity contribution in [2.24, 2.45) is 5.92 Å². The molecular weight excluding hydrogens is 320 g/mol. The van der Waals surface area contributed by atoms with Crippen LogP contribution >= 0.6 is 0 Å². The van der Waals surface area contributed by atoms with Crippen molar-refractivity contribution in [1.82, 2.24) is 0 Å². The minimum Gasteiger partial charge on any atom is -0.312 e.